The quantitative estimate of drug-likeness (QED) is 0.823. The van der Waals surface area contributed by atoms with Crippen molar-refractivity contribution in [2.45, 2.75) is 19.8 Å². The number of carbonyl (C=O) groups excluding carboxylic acids is 1. The highest BCUT2D eigenvalue weighted by Gasteiger charge is 2.10. The van der Waals surface area contributed by atoms with Crippen molar-refractivity contribution in [1.29, 1.82) is 0 Å². The molecule has 1 N–H and O–H groups in total. The molecule has 0 aliphatic rings. The molecule has 16 heavy (non-hydrogen) atoms. The molecule has 0 radical (unpaired) electrons. The summed E-state index contributed by atoms with van der Waals surface area (Å²) in [5.74, 6) is 0.789. The Morgan fingerprint density at radius 3 is 2.69 bits per heavy atom. The molecule has 4 heteroatoms. The van der Waals surface area contributed by atoms with Gasteiger partial charge in [-0.1, -0.05) is 19.9 Å². The summed E-state index contributed by atoms with van der Waals surface area (Å²) in [6, 6.07) is 5.64. The van der Waals surface area contributed by atoms with Gasteiger partial charge < -0.3 is 10.1 Å². The van der Waals surface area contributed by atoms with Crippen molar-refractivity contribution in [3.63, 3.8) is 0 Å². The van der Waals surface area contributed by atoms with Crippen LogP contribution in [0.1, 0.15) is 25.3 Å². The molecule has 0 unspecified atom stereocenters. The molecule has 88 valence electrons. The SMILES string of the molecule is COc1ccc(C(C)C)c(NC(=O)CCl)c1. The van der Waals surface area contributed by atoms with Gasteiger partial charge in [-0.2, -0.15) is 0 Å². The predicted molar refractivity (Wildman–Crippen MR) is 66.4 cm³/mol. The third-order valence-electron chi connectivity index (χ3n) is 2.28. The minimum Gasteiger partial charge on any atom is -0.497 e. The molecule has 3 nitrogen and oxygen atoms in total. The Morgan fingerprint density at radius 1 is 1.50 bits per heavy atom. The van der Waals surface area contributed by atoms with Gasteiger partial charge >= 0.3 is 0 Å². The van der Waals surface area contributed by atoms with Crippen molar-refractivity contribution in [3.05, 3.63) is 23.8 Å². The van der Waals surface area contributed by atoms with E-state index in [-0.39, 0.29) is 11.8 Å². The Morgan fingerprint density at radius 2 is 2.19 bits per heavy atom. The normalized spacial score (nSPS) is 10.3. The van der Waals surface area contributed by atoms with E-state index >= 15 is 0 Å². The van der Waals surface area contributed by atoms with Gasteiger partial charge in [0, 0.05) is 11.8 Å². The van der Waals surface area contributed by atoms with E-state index in [9.17, 15) is 4.79 Å². The number of anilines is 1. The van der Waals surface area contributed by atoms with E-state index in [1.165, 1.54) is 0 Å². The van der Waals surface area contributed by atoms with Crippen LogP contribution in [0.4, 0.5) is 5.69 Å². The monoisotopic (exact) mass is 241 g/mol. The van der Waals surface area contributed by atoms with Crippen LogP contribution in [0.25, 0.3) is 0 Å². The van der Waals surface area contributed by atoms with Gasteiger partial charge in [0.2, 0.25) is 5.91 Å². The Hall–Kier alpha value is -1.22. The van der Waals surface area contributed by atoms with Crippen molar-refractivity contribution in [3.8, 4) is 5.75 Å². The van der Waals surface area contributed by atoms with Gasteiger partial charge in [-0.05, 0) is 17.5 Å². The first-order chi connectivity index (χ1) is 7.58. The zero-order chi connectivity index (χ0) is 12.1. The number of halogens is 1. The number of nitrogens with one attached hydrogen (secondary N) is 1. The second kappa shape index (κ2) is 5.75. The summed E-state index contributed by atoms with van der Waals surface area (Å²) in [5, 5.41) is 2.77. The third kappa shape index (κ3) is 3.14. The first-order valence-corrected chi connectivity index (χ1v) is 5.65. The molecule has 0 spiro atoms. The first-order valence-electron chi connectivity index (χ1n) is 5.12. The van der Waals surface area contributed by atoms with E-state index in [1.54, 1.807) is 13.2 Å². The van der Waals surface area contributed by atoms with E-state index in [2.05, 4.69) is 19.2 Å². The second-order valence-electron chi connectivity index (χ2n) is 3.79. The van der Waals surface area contributed by atoms with E-state index in [0.29, 0.717) is 11.7 Å². The van der Waals surface area contributed by atoms with Crippen LogP contribution in [0.15, 0.2) is 18.2 Å². The fraction of sp³-hybridized carbons (Fsp3) is 0.417. The summed E-state index contributed by atoms with van der Waals surface area (Å²) in [6.07, 6.45) is 0. The van der Waals surface area contributed by atoms with E-state index in [1.807, 2.05) is 12.1 Å². The fourth-order valence-electron chi connectivity index (χ4n) is 1.46. The van der Waals surface area contributed by atoms with Crippen molar-refractivity contribution in [1.82, 2.24) is 0 Å². The van der Waals surface area contributed by atoms with Gasteiger partial charge in [0.15, 0.2) is 0 Å². The van der Waals surface area contributed by atoms with E-state index in [0.717, 1.165) is 11.3 Å². The van der Waals surface area contributed by atoms with Crippen LogP contribution in [0.3, 0.4) is 0 Å². The van der Waals surface area contributed by atoms with Crippen LogP contribution in [-0.4, -0.2) is 18.9 Å². The summed E-state index contributed by atoms with van der Waals surface area (Å²) in [4.78, 5) is 11.3. The maximum atomic E-state index is 11.3. The molecule has 0 bridgehead atoms. The molecule has 0 atom stereocenters. The lowest BCUT2D eigenvalue weighted by molar-refractivity contribution is -0.113. The highest BCUT2D eigenvalue weighted by molar-refractivity contribution is 6.29. The molecule has 0 aliphatic heterocycles. The van der Waals surface area contributed by atoms with E-state index in [4.69, 9.17) is 16.3 Å². The van der Waals surface area contributed by atoms with Gasteiger partial charge in [0.25, 0.3) is 0 Å². The Bertz CT molecular complexity index is 377. The maximum Gasteiger partial charge on any atom is 0.239 e. The smallest absolute Gasteiger partial charge is 0.239 e. The van der Waals surface area contributed by atoms with Crippen LogP contribution in [0, 0.1) is 0 Å². The minimum absolute atomic E-state index is 0.0469. The van der Waals surface area contributed by atoms with Crippen molar-refractivity contribution in [2.75, 3.05) is 18.3 Å². The molecule has 1 aromatic carbocycles. The number of hydrogen-bond donors (Lipinski definition) is 1. The molecule has 0 heterocycles. The highest BCUT2D eigenvalue weighted by Crippen LogP contribution is 2.28. The number of methoxy groups -OCH3 is 1. The zero-order valence-corrected chi connectivity index (χ0v) is 10.5. The average Bonchev–Trinajstić information content (AvgIpc) is 2.28. The summed E-state index contributed by atoms with van der Waals surface area (Å²) >= 11 is 5.46. The number of amides is 1. The number of carbonyl (C=O) groups is 1. The highest BCUT2D eigenvalue weighted by atomic mass is 35.5. The largest absolute Gasteiger partial charge is 0.497 e. The minimum atomic E-state index is -0.211. The van der Waals surface area contributed by atoms with E-state index < -0.39 is 0 Å². The van der Waals surface area contributed by atoms with Crippen LogP contribution >= 0.6 is 11.6 Å². The molecule has 0 fully saturated rings. The number of benzene rings is 1. The lowest BCUT2D eigenvalue weighted by atomic mass is 10.0. The topological polar surface area (TPSA) is 38.3 Å². The maximum absolute atomic E-state index is 11.3. The zero-order valence-electron chi connectivity index (χ0n) is 9.71. The average molecular weight is 242 g/mol. The molecule has 0 saturated carbocycles. The summed E-state index contributed by atoms with van der Waals surface area (Å²) in [7, 11) is 1.59. The van der Waals surface area contributed by atoms with Crippen LogP contribution in [0.2, 0.25) is 0 Å². The Balaban J connectivity index is 3.05. The Kier molecular flexibility index (Phi) is 4.62. The Labute approximate surface area is 101 Å². The standard InChI is InChI=1S/C12H16ClNO2/c1-8(2)10-5-4-9(16-3)6-11(10)14-12(15)7-13/h4-6,8H,7H2,1-3H3,(H,14,15). The van der Waals surface area contributed by atoms with Crippen LogP contribution in [0.5, 0.6) is 5.75 Å². The molecular formula is C12H16ClNO2. The first kappa shape index (κ1) is 12.8. The number of ether oxygens (including phenoxy) is 1. The predicted octanol–water partition coefficient (Wildman–Crippen LogP) is 3.00. The summed E-state index contributed by atoms with van der Waals surface area (Å²) < 4.78 is 5.12. The van der Waals surface area contributed by atoms with Gasteiger partial charge in [0.05, 0.1) is 7.11 Å². The van der Waals surface area contributed by atoms with Gasteiger partial charge in [-0.15, -0.1) is 11.6 Å². The van der Waals surface area contributed by atoms with Crippen molar-refractivity contribution < 1.29 is 9.53 Å². The number of alkyl halides is 1. The number of rotatable bonds is 4. The van der Waals surface area contributed by atoms with Crippen molar-refractivity contribution >= 4 is 23.2 Å². The molecule has 1 aromatic rings. The molecular weight excluding hydrogens is 226 g/mol. The summed E-state index contributed by atoms with van der Waals surface area (Å²) in [5.41, 5.74) is 1.83. The number of hydrogen-bond acceptors (Lipinski definition) is 2. The molecule has 1 rings (SSSR count). The van der Waals surface area contributed by atoms with Gasteiger partial charge in [-0.25, -0.2) is 0 Å². The summed E-state index contributed by atoms with van der Waals surface area (Å²) in [6.45, 7) is 4.14. The molecule has 0 saturated heterocycles. The molecule has 0 aromatic heterocycles. The van der Waals surface area contributed by atoms with Gasteiger partial charge in [0.1, 0.15) is 11.6 Å². The lowest BCUT2D eigenvalue weighted by Gasteiger charge is -2.14. The van der Waals surface area contributed by atoms with Crippen LogP contribution < -0.4 is 10.1 Å². The van der Waals surface area contributed by atoms with Crippen molar-refractivity contribution in [2.24, 2.45) is 0 Å². The van der Waals surface area contributed by atoms with Crippen LogP contribution in [-0.2, 0) is 4.79 Å². The lowest BCUT2D eigenvalue weighted by Crippen LogP contribution is -2.14. The second-order valence-corrected chi connectivity index (χ2v) is 4.06. The third-order valence-corrected chi connectivity index (χ3v) is 2.52. The molecule has 0 aliphatic carbocycles. The fourth-order valence-corrected chi connectivity index (χ4v) is 1.52. The molecule has 1 amide bonds. The van der Waals surface area contributed by atoms with Gasteiger partial charge in [-0.3, -0.25) is 4.79 Å².